The minimum atomic E-state index is -0.400. The van der Waals surface area contributed by atoms with Gasteiger partial charge in [0.2, 0.25) is 11.0 Å². The molecule has 0 fully saturated rings. The number of benzene rings is 2. The molecule has 1 aliphatic heterocycles. The lowest BCUT2D eigenvalue weighted by Gasteiger charge is -2.22. The van der Waals surface area contributed by atoms with E-state index in [0.717, 1.165) is 22.7 Å². The zero-order valence-electron chi connectivity index (χ0n) is 14.9. The number of halogens is 1. The summed E-state index contributed by atoms with van der Waals surface area (Å²) in [6.45, 7) is 2.54. The number of carbonyl (C=O) groups is 1. The number of rotatable bonds is 5. The first-order chi connectivity index (χ1) is 13.1. The van der Waals surface area contributed by atoms with Gasteiger partial charge in [-0.05, 0) is 42.7 Å². The second-order valence-corrected chi connectivity index (χ2v) is 7.60. The van der Waals surface area contributed by atoms with Gasteiger partial charge >= 0.3 is 0 Å². The quantitative estimate of drug-likeness (QED) is 0.732. The zero-order chi connectivity index (χ0) is 18.8. The average Bonchev–Trinajstić information content (AvgIpc) is 3.30. The molecule has 0 aliphatic carbocycles. The van der Waals surface area contributed by atoms with Crippen molar-refractivity contribution in [1.82, 2.24) is 10.2 Å². The monoisotopic (exact) mass is 382 g/mol. The molecule has 2 aromatic carbocycles. The number of nitrogens with zero attached hydrogens (tertiary/aromatic N) is 3. The first-order valence-electron chi connectivity index (χ1n) is 8.83. The van der Waals surface area contributed by atoms with Crippen LogP contribution in [0.25, 0.3) is 0 Å². The Bertz CT molecular complexity index is 957. The molecule has 1 aromatic heterocycles. The van der Waals surface area contributed by atoms with Crippen molar-refractivity contribution in [1.29, 1.82) is 0 Å². The Hall–Kier alpha value is -2.80. The molecule has 4 rings (SSSR count). The minimum Gasteiger partial charge on any atom is -0.349 e. The molecular formula is C20H19FN4OS. The van der Waals surface area contributed by atoms with Gasteiger partial charge in [-0.1, -0.05) is 41.7 Å². The number of carbonyl (C=O) groups excluding carboxylic acids is 1. The molecule has 0 spiro atoms. The molecule has 1 unspecified atom stereocenters. The molecule has 7 heteroatoms. The van der Waals surface area contributed by atoms with Gasteiger partial charge < -0.3 is 10.2 Å². The van der Waals surface area contributed by atoms with Gasteiger partial charge in [-0.3, -0.25) is 4.79 Å². The molecule has 1 atom stereocenters. The number of aromatic nitrogens is 2. The summed E-state index contributed by atoms with van der Waals surface area (Å²) in [6, 6.07) is 13.9. The highest BCUT2D eigenvalue weighted by Gasteiger charge is 2.28. The maximum absolute atomic E-state index is 13.0. The number of fused-ring (bicyclic) bond motifs is 1. The Morgan fingerprint density at radius 1 is 1.22 bits per heavy atom. The predicted molar refractivity (Wildman–Crippen MR) is 105 cm³/mol. The summed E-state index contributed by atoms with van der Waals surface area (Å²) in [5, 5.41) is 12.9. The molecular weight excluding hydrogens is 363 g/mol. The molecule has 2 heterocycles. The van der Waals surface area contributed by atoms with Crippen LogP contribution in [0.15, 0.2) is 48.5 Å². The van der Waals surface area contributed by atoms with Crippen LogP contribution in [-0.2, 0) is 17.6 Å². The second-order valence-electron chi connectivity index (χ2n) is 6.54. The van der Waals surface area contributed by atoms with E-state index in [4.69, 9.17) is 0 Å². The summed E-state index contributed by atoms with van der Waals surface area (Å²) in [4.78, 5) is 14.7. The molecule has 0 radical (unpaired) electrons. The molecule has 1 aliphatic rings. The van der Waals surface area contributed by atoms with Crippen LogP contribution in [0.3, 0.4) is 0 Å². The van der Waals surface area contributed by atoms with E-state index in [0.29, 0.717) is 18.1 Å². The third-order valence-corrected chi connectivity index (χ3v) is 5.45. The fraction of sp³-hybridized carbons (Fsp3) is 0.250. The third kappa shape index (κ3) is 3.83. The fourth-order valence-corrected chi connectivity index (χ4v) is 4.07. The van der Waals surface area contributed by atoms with Crippen LogP contribution in [0.4, 0.5) is 15.2 Å². The number of anilines is 2. The summed E-state index contributed by atoms with van der Waals surface area (Å²) in [7, 11) is 0. The Morgan fingerprint density at radius 2 is 2.00 bits per heavy atom. The van der Waals surface area contributed by atoms with Crippen LogP contribution < -0.4 is 10.2 Å². The van der Waals surface area contributed by atoms with Crippen LogP contribution in [0.2, 0.25) is 0 Å². The second kappa shape index (κ2) is 7.44. The van der Waals surface area contributed by atoms with Crippen LogP contribution in [0.5, 0.6) is 0 Å². The lowest BCUT2D eigenvalue weighted by Crippen LogP contribution is -2.40. The van der Waals surface area contributed by atoms with E-state index in [1.807, 2.05) is 30.0 Å². The maximum Gasteiger partial charge on any atom is 0.249 e. The van der Waals surface area contributed by atoms with Crippen LogP contribution >= 0.6 is 11.3 Å². The van der Waals surface area contributed by atoms with Crippen molar-refractivity contribution in [2.75, 3.05) is 16.8 Å². The molecule has 0 bridgehead atoms. The average molecular weight is 382 g/mol. The van der Waals surface area contributed by atoms with Gasteiger partial charge in [0.15, 0.2) is 0 Å². The first kappa shape index (κ1) is 17.6. The number of hydrogen-bond donors (Lipinski definition) is 1. The van der Waals surface area contributed by atoms with Gasteiger partial charge in [0.25, 0.3) is 0 Å². The molecule has 0 saturated carbocycles. The number of amides is 1. The lowest BCUT2D eigenvalue weighted by molar-refractivity contribution is -0.118. The van der Waals surface area contributed by atoms with Gasteiger partial charge in [0.1, 0.15) is 16.9 Å². The predicted octanol–water partition coefficient (Wildman–Crippen LogP) is 3.66. The molecule has 3 aromatic rings. The first-order valence-corrected chi connectivity index (χ1v) is 9.64. The van der Waals surface area contributed by atoms with Crippen molar-refractivity contribution < 1.29 is 9.18 Å². The van der Waals surface area contributed by atoms with Crippen LogP contribution in [0.1, 0.15) is 23.1 Å². The van der Waals surface area contributed by atoms with Gasteiger partial charge in [-0.2, -0.15) is 0 Å². The van der Waals surface area contributed by atoms with E-state index in [1.165, 1.54) is 29.0 Å². The van der Waals surface area contributed by atoms with Gasteiger partial charge in [0.05, 0.1) is 0 Å². The minimum absolute atomic E-state index is 0.0234. The number of hydrogen-bond acceptors (Lipinski definition) is 5. The smallest absolute Gasteiger partial charge is 0.249 e. The number of para-hydroxylation sites is 1. The molecule has 27 heavy (non-hydrogen) atoms. The summed E-state index contributed by atoms with van der Waals surface area (Å²) in [5.74, 6) is -0.232. The molecule has 1 amide bonds. The van der Waals surface area contributed by atoms with E-state index in [-0.39, 0.29) is 11.7 Å². The van der Waals surface area contributed by atoms with E-state index in [1.54, 1.807) is 12.1 Å². The van der Waals surface area contributed by atoms with Gasteiger partial charge in [-0.15, -0.1) is 10.2 Å². The maximum atomic E-state index is 13.0. The largest absolute Gasteiger partial charge is 0.349 e. The summed E-state index contributed by atoms with van der Waals surface area (Å²) in [6.07, 6.45) is 1.47. The van der Waals surface area contributed by atoms with E-state index >= 15 is 0 Å². The standard InChI is InChI=1S/C20H19FN4OS/c1-13(19(26)25-11-10-15-4-2-3-5-17(15)25)22-20-24-23-18(27-20)12-14-6-8-16(21)9-7-14/h2-9,13H,10-12H2,1H3,(H,22,24). The molecule has 5 nitrogen and oxygen atoms in total. The van der Waals surface area contributed by atoms with Crippen molar-refractivity contribution in [2.45, 2.75) is 25.8 Å². The zero-order valence-corrected chi connectivity index (χ0v) is 15.7. The number of nitrogens with one attached hydrogen (secondary N) is 1. The van der Waals surface area contributed by atoms with E-state index in [9.17, 15) is 9.18 Å². The van der Waals surface area contributed by atoms with E-state index < -0.39 is 6.04 Å². The summed E-state index contributed by atoms with van der Waals surface area (Å²) >= 11 is 1.41. The highest BCUT2D eigenvalue weighted by Crippen LogP contribution is 2.28. The molecule has 0 saturated heterocycles. The van der Waals surface area contributed by atoms with Crippen molar-refractivity contribution >= 4 is 28.1 Å². The normalized spacial score (nSPS) is 14.1. The molecule has 1 N–H and O–H groups in total. The summed E-state index contributed by atoms with van der Waals surface area (Å²) in [5.41, 5.74) is 3.16. The Labute approximate surface area is 160 Å². The van der Waals surface area contributed by atoms with Gasteiger partial charge in [-0.25, -0.2) is 4.39 Å². The molecule has 138 valence electrons. The van der Waals surface area contributed by atoms with Crippen molar-refractivity contribution in [3.63, 3.8) is 0 Å². The fourth-order valence-electron chi connectivity index (χ4n) is 3.21. The van der Waals surface area contributed by atoms with E-state index in [2.05, 4.69) is 21.6 Å². The summed E-state index contributed by atoms with van der Waals surface area (Å²) < 4.78 is 13.0. The Morgan fingerprint density at radius 3 is 2.81 bits per heavy atom. The van der Waals surface area contributed by atoms with Crippen molar-refractivity contribution in [3.05, 3.63) is 70.5 Å². The Balaban J connectivity index is 1.40. The SMILES string of the molecule is CC(Nc1nnc(Cc2ccc(F)cc2)s1)C(=O)N1CCc2ccccc21. The highest BCUT2D eigenvalue weighted by atomic mass is 32.1. The third-order valence-electron chi connectivity index (χ3n) is 4.60. The lowest BCUT2D eigenvalue weighted by atomic mass is 10.2. The Kier molecular flexibility index (Phi) is 4.85. The van der Waals surface area contributed by atoms with Crippen molar-refractivity contribution in [3.8, 4) is 0 Å². The topological polar surface area (TPSA) is 58.1 Å². The highest BCUT2D eigenvalue weighted by molar-refractivity contribution is 7.15. The van der Waals surface area contributed by atoms with Gasteiger partial charge in [0, 0.05) is 18.7 Å². The van der Waals surface area contributed by atoms with Crippen molar-refractivity contribution in [2.24, 2.45) is 0 Å². The van der Waals surface area contributed by atoms with Crippen LogP contribution in [0, 0.1) is 5.82 Å². The van der Waals surface area contributed by atoms with Crippen LogP contribution in [-0.4, -0.2) is 28.7 Å².